The molecule has 160 valence electrons. The normalized spacial score (nSPS) is 17.6. The average Bonchev–Trinajstić information content (AvgIpc) is 3.46. The van der Waals surface area contributed by atoms with Crippen molar-refractivity contribution in [3.8, 4) is 10.6 Å². The summed E-state index contributed by atoms with van der Waals surface area (Å²) >= 11 is 2.75. The van der Waals surface area contributed by atoms with E-state index in [1.807, 2.05) is 10.3 Å². The molecule has 2 aromatic heterocycles. The zero-order valence-electron chi connectivity index (χ0n) is 16.6. The molecule has 10 heteroatoms. The first-order valence-corrected chi connectivity index (χ1v) is 11.8. The van der Waals surface area contributed by atoms with Gasteiger partial charge in [0.05, 0.1) is 0 Å². The molecule has 1 aromatic carbocycles. The lowest BCUT2D eigenvalue weighted by molar-refractivity contribution is 0.00827. The SMILES string of the molecule is O=C(c1csc(-c2ccc(F)cc2)n1)N1CC(N2CCN(C(=O)c3nccs3)CC2)C1. The van der Waals surface area contributed by atoms with Crippen molar-refractivity contribution in [2.45, 2.75) is 6.04 Å². The standard InChI is InChI=1S/C21H20FN5O2S2/c22-15-3-1-14(2-4-15)18-24-17(13-31-18)20(28)27-11-16(12-27)25-6-8-26(9-7-25)21(29)19-23-5-10-30-19/h1-5,10,13,16H,6-9,11-12H2. The number of hydrogen-bond donors (Lipinski definition) is 0. The first-order valence-electron chi connectivity index (χ1n) is 10.0. The monoisotopic (exact) mass is 457 g/mol. The van der Waals surface area contributed by atoms with Gasteiger partial charge in [-0.05, 0) is 24.3 Å². The van der Waals surface area contributed by atoms with Crippen LogP contribution in [-0.4, -0.2) is 81.8 Å². The van der Waals surface area contributed by atoms with Crippen LogP contribution in [0.5, 0.6) is 0 Å². The third-order valence-electron chi connectivity index (χ3n) is 5.70. The van der Waals surface area contributed by atoms with Crippen molar-refractivity contribution in [1.29, 1.82) is 0 Å². The topological polar surface area (TPSA) is 69.6 Å². The van der Waals surface area contributed by atoms with Gasteiger partial charge in [-0.2, -0.15) is 0 Å². The quantitative estimate of drug-likeness (QED) is 0.603. The number of likely N-dealkylation sites (tertiary alicyclic amines) is 1. The summed E-state index contributed by atoms with van der Waals surface area (Å²) in [5.74, 6) is -0.365. The number of carbonyl (C=O) groups excluding carboxylic acids is 2. The van der Waals surface area contributed by atoms with Gasteiger partial charge >= 0.3 is 0 Å². The van der Waals surface area contributed by atoms with Crippen molar-refractivity contribution < 1.29 is 14.0 Å². The molecule has 0 unspecified atom stereocenters. The molecule has 2 amide bonds. The molecular formula is C21H20FN5O2S2. The number of benzene rings is 1. The highest BCUT2D eigenvalue weighted by molar-refractivity contribution is 7.13. The molecule has 0 atom stereocenters. The van der Waals surface area contributed by atoms with Gasteiger partial charge < -0.3 is 9.80 Å². The molecule has 2 saturated heterocycles. The van der Waals surface area contributed by atoms with Crippen LogP contribution in [0.25, 0.3) is 10.6 Å². The van der Waals surface area contributed by atoms with Gasteiger partial charge in [-0.25, -0.2) is 14.4 Å². The Morgan fingerprint density at radius 2 is 1.71 bits per heavy atom. The Morgan fingerprint density at radius 3 is 2.39 bits per heavy atom. The van der Waals surface area contributed by atoms with E-state index in [9.17, 15) is 14.0 Å². The largest absolute Gasteiger partial charge is 0.334 e. The van der Waals surface area contributed by atoms with Gasteiger partial charge in [0.2, 0.25) is 0 Å². The molecule has 3 aromatic rings. The number of halogens is 1. The van der Waals surface area contributed by atoms with Gasteiger partial charge in [0.15, 0.2) is 5.01 Å². The first kappa shape index (κ1) is 20.2. The Kier molecular flexibility index (Phi) is 5.51. The Balaban J connectivity index is 1.12. The Morgan fingerprint density at radius 1 is 0.968 bits per heavy atom. The molecule has 2 aliphatic rings. The zero-order valence-corrected chi connectivity index (χ0v) is 18.2. The van der Waals surface area contributed by atoms with Crippen molar-refractivity contribution in [1.82, 2.24) is 24.7 Å². The highest BCUT2D eigenvalue weighted by Crippen LogP contribution is 2.26. The minimum atomic E-state index is -0.295. The van der Waals surface area contributed by atoms with Crippen molar-refractivity contribution >= 4 is 34.5 Å². The van der Waals surface area contributed by atoms with Crippen LogP contribution in [0.1, 0.15) is 20.3 Å². The molecule has 0 radical (unpaired) electrons. The molecule has 2 fully saturated rings. The fourth-order valence-corrected chi connectivity index (χ4v) is 5.27. The maximum absolute atomic E-state index is 13.1. The fourth-order valence-electron chi connectivity index (χ4n) is 3.87. The molecule has 5 rings (SSSR count). The van der Waals surface area contributed by atoms with Gasteiger partial charge in [0.25, 0.3) is 11.8 Å². The highest BCUT2D eigenvalue weighted by Gasteiger charge is 2.37. The van der Waals surface area contributed by atoms with Crippen LogP contribution in [0.15, 0.2) is 41.2 Å². The van der Waals surface area contributed by atoms with Crippen LogP contribution in [0.2, 0.25) is 0 Å². The molecule has 4 heterocycles. The van der Waals surface area contributed by atoms with E-state index in [4.69, 9.17) is 0 Å². The lowest BCUT2D eigenvalue weighted by Crippen LogP contribution is -2.64. The third kappa shape index (κ3) is 4.10. The number of amides is 2. The molecule has 2 aliphatic heterocycles. The highest BCUT2D eigenvalue weighted by atomic mass is 32.1. The van der Waals surface area contributed by atoms with Crippen molar-refractivity contribution in [2.24, 2.45) is 0 Å². The molecule has 0 spiro atoms. The zero-order chi connectivity index (χ0) is 21.4. The number of hydrogen-bond acceptors (Lipinski definition) is 7. The summed E-state index contributed by atoms with van der Waals surface area (Å²) in [6.45, 7) is 4.29. The van der Waals surface area contributed by atoms with Crippen LogP contribution in [0, 0.1) is 5.82 Å². The van der Waals surface area contributed by atoms with Crippen LogP contribution in [-0.2, 0) is 0 Å². The number of rotatable bonds is 4. The smallest absolute Gasteiger partial charge is 0.282 e. The van der Waals surface area contributed by atoms with Gasteiger partial charge in [0, 0.05) is 67.8 Å². The van der Waals surface area contributed by atoms with E-state index in [0.717, 1.165) is 18.7 Å². The second-order valence-electron chi connectivity index (χ2n) is 7.57. The molecular weight excluding hydrogens is 437 g/mol. The van der Waals surface area contributed by atoms with Crippen molar-refractivity contribution in [3.05, 3.63) is 57.7 Å². The van der Waals surface area contributed by atoms with E-state index in [2.05, 4.69) is 14.9 Å². The van der Waals surface area contributed by atoms with Crippen molar-refractivity contribution in [3.63, 3.8) is 0 Å². The summed E-state index contributed by atoms with van der Waals surface area (Å²) in [5.41, 5.74) is 1.23. The summed E-state index contributed by atoms with van der Waals surface area (Å²) in [6.07, 6.45) is 1.65. The number of aromatic nitrogens is 2. The summed E-state index contributed by atoms with van der Waals surface area (Å²) in [4.78, 5) is 39.7. The summed E-state index contributed by atoms with van der Waals surface area (Å²) < 4.78 is 13.1. The predicted octanol–water partition coefficient (Wildman–Crippen LogP) is 2.69. The second kappa shape index (κ2) is 8.45. The van der Waals surface area contributed by atoms with Gasteiger partial charge in [0.1, 0.15) is 16.5 Å². The predicted molar refractivity (Wildman–Crippen MR) is 117 cm³/mol. The molecule has 0 bridgehead atoms. The summed E-state index contributed by atoms with van der Waals surface area (Å²) in [6, 6.07) is 6.43. The molecule has 0 saturated carbocycles. The van der Waals surface area contributed by atoms with Gasteiger partial charge in [-0.15, -0.1) is 22.7 Å². The molecule has 0 N–H and O–H groups in total. The lowest BCUT2D eigenvalue weighted by atomic mass is 10.1. The number of carbonyl (C=O) groups is 2. The van der Waals surface area contributed by atoms with E-state index in [1.165, 1.54) is 34.8 Å². The van der Waals surface area contributed by atoms with Crippen LogP contribution in [0.3, 0.4) is 0 Å². The van der Waals surface area contributed by atoms with Gasteiger partial charge in [-0.1, -0.05) is 0 Å². The Bertz CT molecular complexity index is 1070. The minimum absolute atomic E-state index is 0.000514. The van der Waals surface area contributed by atoms with E-state index in [-0.39, 0.29) is 17.6 Å². The summed E-state index contributed by atoms with van der Waals surface area (Å²) in [5, 5.41) is 4.82. The number of nitrogens with zero attached hydrogens (tertiary/aromatic N) is 5. The molecule has 7 nitrogen and oxygen atoms in total. The Hall–Kier alpha value is -2.69. The first-order chi connectivity index (χ1) is 15.1. The third-order valence-corrected chi connectivity index (χ3v) is 7.35. The number of piperazine rings is 1. The molecule has 0 aliphatic carbocycles. The fraction of sp³-hybridized carbons (Fsp3) is 0.333. The molecule has 31 heavy (non-hydrogen) atoms. The van der Waals surface area contributed by atoms with Crippen LogP contribution >= 0.6 is 22.7 Å². The lowest BCUT2D eigenvalue weighted by Gasteiger charge is -2.47. The van der Waals surface area contributed by atoms with E-state index < -0.39 is 0 Å². The Labute approximate surface area is 186 Å². The summed E-state index contributed by atoms with van der Waals surface area (Å²) in [7, 11) is 0. The van der Waals surface area contributed by atoms with E-state index in [0.29, 0.717) is 47.9 Å². The van der Waals surface area contributed by atoms with Gasteiger partial charge in [-0.3, -0.25) is 14.5 Å². The van der Waals surface area contributed by atoms with Crippen LogP contribution < -0.4 is 0 Å². The van der Waals surface area contributed by atoms with Crippen molar-refractivity contribution in [2.75, 3.05) is 39.3 Å². The average molecular weight is 458 g/mol. The maximum atomic E-state index is 13.1. The van der Waals surface area contributed by atoms with E-state index >= 15 is 0 Å². The minimum Gasteiger partial charge on any atom is -0.334 e. The maximum Gasteiger partial charge on any atom is 0.282 e. The number of thiazole rings is 2. The van der Waals surface area contributed by atoms with E-state index in [1.54, 1.807) is 28.6 Å². The van der Waals surface area contributed by atoms with Crippen LogP contribution in [0.4, 0.5) is 4.39 Å². The second-order valence-corrected chi connectivity index (χ2v) is 9.33.